The van der Waals surface area contributed by atoms with E-state index >= 15 is 0 Å². The fourth-order valence-electron chi connectivity index (χ4n) is 2.85. The molecule has 2 heterocycles. The van der Waals surface area contributed by atoms with E-state index in [0.29, 0.717) is 34.2 Å². The summed E-state index contributed by atoms with van der Waals surface area (Å²) in [6, 6.07) is 14.7. The molecule has 0 aliphatic carbocycles. The van der Waals surface area contributed by atoms with E-state index in [9.17, 15) is 5.21 Å². The normalized spacial score (nSPS) is 11.0. The first-order chi connectivity index (χ1) is 12.2. The van der Waals surface area contributed by atoms with Crippen molar-refractivity contribution in [3.8, 4) is 11.5 Å². The Bertz CT molecular complexity index is 1010. The summed E-state index contributed by atoms with van der Waals surface area (Å²) in [5.41, 5.74) is 1.35. The Morgan fingerprint density at radius 1 is 0.840 bits per heavy atom. The number of fused-ring (bicyclic) bond motifs is 2. The average Bonchev–Trinajstić information content (AvgIpc) is 3.25. The second kappa shape index (κ2) is 5.90. The molecule has 25 heavy (non-hydrogen) atoms. The molecule has 0 radical (unpaired) electrons. The summed E-state index contributed by atoms with van der Waals surface area (Å²) in [4.78, 5) is 0. The highest BCUT2D eigenvalue weighted by molar-refractivity contribution is 6.12. The predicted molar refractivity (Wildman–Crippen MR) is 93.0 cm³/mol. The molecule has 0 unspecified atom stereocenters. The molecule has 0 fully saturated rings. The molecule has 0 spiro atoms. The molecule has 0 saturated carbocycles. The van der Waals surface area contributed by atoms with Crippen molar-refractivity contribution in [1.82, 2.24) is 0 Å². The first-order valence-electron chi connectivity index (χ1n) is 7.61. The fourth-order valence-corrected chi connectivity index (χ4v) is 2.85. The van der Waals surface area contributed by atoms with Crippen LogP contribution in [0.5, 0.6) is 11.5 Å². The van der Waals surface area contributed by atoms with Gasteiger partial charge in [-0.3, -0.25) is 0 Å². The number of ether oxygens (including phenoxy) is 2. The van der Waals surface area contributed by atoms with E-state index < -0.39 is 0 Å². The van der Waals surface area contributed by atoms with E-state index in [1.807, 2.05) is 24.3 Å². The molecule has 6 heteroatoms. The number of hydrogen-bond acceptors (Lipinski definition) is 6. The van der Waals surface area contributed by atoms with Gasteiger partial charge in [0.25, 0.3) is 0 Å². The van der Waals surface area contributed by atoms with Crippen LogP contribution in [-0.2, 0) is 0 Å². The van der Waals surface area contributed by atoms with Gasteiger partial charge in [0.2, 0.25) is 0 Å². The molecule has 2 aromatic heterocycles. The predicted octanol–water partition coefficient (Wildman–Crippen LogP) is 4.42. The molecule has 0 atom stereocenters. The Hall–Kier alpha value is -3.41. The van der Waals surface area contributed by atoms with Gasteiger partial charge in [-0.1, -0.05) is 29.4 Å². The zero-order chi connectivity index (χ0) is 17.4. The number of hydrogen-bond donors (Lipinski definition) is 1. The highest BCUT2D eigenvalue weighted by Crippen LogP contribution is 2.32. The second-order valence-electron chi connectivity index (χ2n) is 5.43. The van der Waals surface area contributed by atoms with Crippen LogP contribution in [0.1, 0.15) is 11.5 Å². The zero-order valence-electron chi connectivity index (χ0n) is 13.6. The van der Waals surface area contributed by atoms with Crippen LogP contribution in [0.2, 0.25) is 0 Å². The summed E-state index contributed by atoms with van der Waals surface area (Å²) < 4.78 is 22.3. The molecule has 2 aromatic carbocycles. The van der Waals surface area contributed by atoms with E-state index in [2.05, 4.69) is 5.16 Å². The quantitative estimate of drug-likeness (QED) is 0.339. The van der Waals surface area contributed by atoms with Gasteiger partial charge in [0.05, 0.1) is 14.2 Å². The minimum atomic E-state index is 0.191. The van der Waals surface area contributed by atoms with Crippen LogP contribution in [0, 0.1) is 0 Å². The van der Waals surface area contributed by atoms with Gasteiger partial charge in [-0.15, -0.1) is 0 Å². The van der Waals surface area contributed by atoms with Gasteiger partial charge in [-0.05, 0) is 24.3 Å². The molecule has 126 valence electrons. The maximum Gasteiger partial charge on any atom is 0.187 e. The standard InChI is InChI=1S/C19H15NO5/c1-22-13-7-3-5-11-9-15(24-18(11)13)17(20-21)16-10-12-6-4-8-14(23-2)19(12)25-16/h3-10,21H,1-2H3. The largest absolute Gasteiger partial charge is 0.493 e. The van der Waals surface area contributed by atoms with Crippen molar-refractivity contribution in [3.63, 3.8) is 0 Å². The first kappa shape index (κ1) is 15.1. The number of oxime groups is 1. The van der Waals surface area contributed by atoms with E-state index in [4.69, 9.17) is 18.3 Å². The van der Waals surface area contributed by atoms with Gasteiger partial charge in [0.15, 0.2) is 39.9 Å². The maximum absolute atomic E-state index is 9.54. The summed E-state index contributed by atoms with van der Waals surface area (Å²) >= 11 is 0. The maximum atomic E-state index is 9.54. The van der Waals surface area contributed by atoms with Gasteiger partial charge in [-0.2, -0.15) is 0 Å². The fraction of sp³-hybridized carbons (Fsp3) is 0.105. The Morgan fingerprint density at radius 2 is 1.32 bits per heavy atom. The highest BCUT2D eigenvalue weighted by atomic mass is 16.5. The lowest BCUT2D eigenvalue weighted by atomic mass is 10.2. The molecule has 1 N–H and O–H groups in total. The first-order valence-corrected chi connectivity index (χ1v) is 7.61. The lowest BCUT2D eigenvalue weighted by Gasteiger charge is -2.00. The molecular weight excluding hydrogens is 322 g/mol. The number of para-hydroxylation sites is 2. The topological polar surface area (TPSA) is 77.3 Å². The molecule has 0 amide bonds. The Balaban J connectivity index is 1.86. The second-order valence-corrected chi connectivity index (χ2v) is 5.43. The van der Waals surface area contributed by atoms with Crippen LogP contribution < -0.4 is 9.47 Å². The van der Waals surface area contributed by atoms with Crippen LogP contribution in [0.25, 0.3) is 21.9 Å². The van der Waals surface area contributed by atoms with Crippen molar-refractivity contribution >= 4 is 27.7 Å². The number of methoxy groups -OCH3 is 2. The van der Waals surface area contributed by atoms with Crippen LogP contribution in [-0.4, -0.2) is 25.1 Å². The van der Waals surface area contributed by atoms with Gasteiger partial charge in [0.1, 0.15) is 0 Å². The third-order valence-corrected chi connectivity index (χ3v) is 4.02. The smallest absolute Gasteiger partial charge is 0.187 e. The van der Waals surface area contributed by atoms with Crippen LogP contribution >= 0.6 is 0 Å². The minimum absolute atomic E-state index is 0.191. The van der Waals surface area contributed by atoms with E-state index in [1.54, 1.807) is 38.5 Å². The molecule has 6 nitrogen and oxygen atoms in total. The van der Waals surface area contributed by atoms with Crippen molar-refractivity contribution in [3.05, 3.63) is 60.1 Å². The molecule has 0 bridgehead atoms. The summed E-state index contributed by atoms with van der Waals surface area (Å²) in [6.45, 7) is 0. The number of furan rings is 2. The summed E-state index contributed by atoms with van der Waals surface area (Å²) in [6.07, 6.45) is 0. The SMILES string of the molecule is COc1cccc2cc(C(=NO)c3cc4cccc(OC)c4o3)oc12. The number of rotatable bonds is 4. The monoisotopic (exact) mass is 337 g/mol. The van der Waals surface area contributed by atoms with Crippen molar-refractivity contribution in [2.45, 2.75) is 0 Å². The van der Waals surface area contributed by atoms with Gasteiger partial charge < -0.3 is 23.5 Å². The van der Waals surface area contributed by atoms with E-state index in [1.165, 1.54) is 0 Å². The van der Waals surface area contributed by atoms with Gasteiger partial charge in [-0.25, -0.2) is 0 Å². The lowest BCUT2D eigenvalue weighted by Crippen LogP contribution is -1.99. The average molecular weight is 337 g/mol. The highest BCUT2D eigenvalue weighted by Gasteiger charge is 2.20. The van der Waals surface area contributed by atoms with Crippen LogP contribution in [0.4, 0.5) is 0 Å². The molecule has 4 aromatic rings. The van der Waals surface area contributed by atoms with E-state index in [-0.39, 0.29) is 5.71 Å². The molecule has 4 rings (SSSR count). The molecule has 0 saturated heterocycles. The lowest BCUT2D eigenvalue weighted by molar-refractivity contribution is 0.317. The summed E-state index contributed by atoms with van der Waals surface area (Å²) in [5, 5.41) is 14.6. The van der Waals surface area contributed by atoms with Gasteiger partial charge in [0, 0.05) is 10.8 Å². The van der Waals surface area contributed by atoms with Crippen LogP contribution in [0.3, 0.4) is 0 Å². The zero-order valence-corrected chi connectivity index (χ0v) is 13.6. The Morgan fingerprint density at radius 3 is 1.72 bits per heavy atom. The van der Waals surface area contributed by atoms with Crippen LogP contribution in [0.15, 0.2) is 62.5 Å². The Kier molecular flexibility index (Phi) is 3.57. The molecule has 0 aliphatic heterocycles. The molecular formula is C19H15NO5. The third kappa shape index (κ3) is 2.39. The minimum Gasteiger partial charge on any atom is -0.493 e. The van der Waals surface area contributed by atoms with Crippen molar-refractivity contribution in [2.24, 2.45) is 5.16 Å². The number of nitrogens with zero attached hydrogens (tertiary/aromatic N) is 1. The third-order valence-electron chi connectivity index (χ3n) is 4.02. The van der Waals surface area contributed by atoms with Crippen molar-refractivity contribution in [1.29, 1.82) is 0 Å². The van der Waals surface area contributed by atoms with E-state index in [0.717, 1.165) is 10.8 Å². The number of benzene rings is 2. The van der Waals surface area contributed by atoms with Crippen molar-refractivity contribution < 1.29 is 23.5 Å². The summed E-state index contributed by atoms with van der Waals surface area (Å²) in [7, 11) is 3.15. The van der Waals surface area contributed by atoms with Gasteiger partial charge >= 0.3 is 0 Å². The Labute approximate surface area is 142 Å². The molecule has 0 aliphatic rings. The van der Waals surface area contributed by atoms with Crippen molar-refractivity contribution in [2.75, 3.05) is 14.2 Å². The summed E-state index contributed by atoms with van der Waals surface area (Å²) in [5.74, 6) is 1.96.